The van der Waals surface area contributed by atoms with Gasteiger partial charge in [-0.25, -0.2) is 0 Å². The minimum Gasteiger partial charge on any atom is -0.508 e. The number of para-hydroxylation sites is 1. The largest absolute Gasteiger partial charge is 0.508 e. The van der Waals surface area contributed by atoms with Gasteiger partial charge >= 0.3 is 0 Å². The number of allylic oxidation sites excluding steroid dienone is 1. The number of phenols is 1. The van der Waals surface area contributed by atoms with Crippen molar-refractivity contribution >= 4 is 35.1 Å². The molecule has 0 atom stereocenters. The van der Waals surface area contributed by atoms with Gasteiger partial charge in [-0.1, -0.05) is 41.9 Å². The van der Waals surface area contributed by atoms with Crippen LogP contribution in [0.3, 0.4) is 0 Å². The van der Waals surface area contributed by atoms with E-state index in [-0.39, 0.29) is 24.0 Å². The standard InChI is InChI=1S/C25H20ClNO5/c1-31-23-12-15(11-16-13-18-17(25(16)30)5-4-8-21(18)28)9-10-22(23)32-14-24(29)27-20-7-3-2-6-19(20)26/h2-12,28H,13-14H2,1H3,(H,27,29)/b16-11+. The highest BCUT2D eigenvalue weighted by Gasteiger charge is 2.27. The Hall–Kier alpha value is -3.77. The second-order valence-electron chi connectivity index (χ2n) is 7.21. The summed E-state index contributed by atoms with van der Waals surface area (Å²) in [6, 6.07) is 17.1. The highest BCUT2D eigenvalue weighted by atomic mass is 35.5. The van der Waals surface area contributed by atoms with E-state index in [9.17, 15) is 14.7 Å². The number of Topliss-reactive ketones (excluding diaryl/α,β-unsaturated/α-hetero) is 1. The SMILES string of the molecule is COc1cc(/C=C2\Cc3c(O)cccc3C2=O)ccc1OCC(=O)Nc1ccccc1Cl. The topological polar surface area (TPSA) is 84.9 Å². The molecule has 0 heterocycles. The Morgan fingerprint density at radius 3 is 2.69 bits per heavy atom. The lowest BCUT2D eigenvalue weighted by Crippen LogP contribution is -2.20. The first-order valence-corrected chi connectivity index (χ1v) is 10.3. The lowest BCUT2D eigenvalue weighted by Gasteiger charge is -2.12. The molecule has 1 aliphatic carbocycles. The monoisotopic (exact) mass is 449 g/mol. The molecular formula is C25H20ClNO5. The number of amides is 1. The van der Waals surface area contributed by atoms with Crippen LogP contribution in [0.2, 0.25) is 5.02 Å². The summed E-state index contributed by atoms with van der Waals surface area (Å²) in [4.78, 5) is 24.8. The van der Waals surface area contributed by atoms with Crippen LogP contribution in [0.5, 0.6) is 17.2 Å². The van der Waals surface area contributed by atoms with Crippen molar-refractivity contribution in [1.29, 1.82) is 0 Å². The van der Waals surface area contributed by atoms with Crippen LogP contribution in [0, 0.1) is 0 Å². The Kier molecular flexibility index (Phi) is 6.14. The number of fused-ring (bicyclic) bond motifs is 1. The van der Waals surface area contributed by atoms with E-state index in [2.05, 4.69) is 5.32 Å². The maximum Gasteiger partial charge on any atom is 0.262 e. The third kappa shape index (κ3) is 4.45. The molecule has 2 N–H and O–H groups in total. The van der Waals surface area contributed by atoms with Gasteiger partial charge < -0.3 is 19.9 Å². The predicted octanol–water partition coefficient (Wildman–Crippen LogP) is 4.89. The second kappa shape index (κ2) is 9.16. The van der Waals surface area contributed by atoms with Gasteiger partial charge in [0.1, 0.15) is 5.75 Å². The fraction of sp³-hybridized carbons (Fsp3) is 0.120. The first kappa shape index (κ1) is 21.5. The lowest BCUT2D eigenvalue weighted by molar-refractivity contribution is -0.118. The minimum absolute atomic E-state index is 0.105. The molecule has 4 rings (SSSR count). The Balaban J connectivity index is 1.46. The number of carbonyl (C=O) groups is 2. The molecule has 0 unspecified atom stereocenters. The second-order valence-corrected chi connectivity index (χ2v) is 7.61. The van der Waals surface area contributed by atoms with Crippen LogP contribution < -0.4 is 14.8 Å². The molecule has 7 heteroatoms. The lowest BCUT2D eigenvalue weighted by atomic mass is 10.1. The fourth-order valence-electron chi connectivity index (χ4n) is 3.52. The summed E-state index contributed by atoms with van der Waals surface area (Å²) in [5.74, 6) is 0.473. The molecule has 3 aromatic rings. The van der Waals surface area contributed by atoms with Gasteiger partial charge in [0.15, 0.2) is 23.9 Å². The van der Waals surface area contributed by atoms with E-state index in [0.29, 0.717) is 45.3 Å². The summed E-state index contributed by atoms with van der Waals surface area (Å²) < 4.78 is 11.0. The number of rotatable bonds is 6. The van der Waals surface area contributed by atoms with Crippen LogP contribution in [0.15, 0.2) is 66.2 Å². The quantitative estimate of drug-likeness (QED) is 0.523. The molecule has 3 aromatic carbocycles. The van der Waals surface area contributed by atoms with Crippen molar-refractivity contribution in [2.45, 2.75) is 6.42 Å². The van der Waals surface area contributed by atoms with E-state index in [1.807, 2.05) is 0 Å². The predicted molar refractivity (Wildman–Crippen MR) is 123 cm³/mol. The van der Waals surface area contributed by atoms with Gasteiger partial charge in [0.2, 0.25) is 0 Å². The summed E-state index contributed by atoms with van der Waals surface area (Å²) in [5, 5.41) is 13.1. The van der Waals surface area contributed by atoms with Crippen LogP contribution >= 0.6 is 11.6 Å². The highest BCUT2D eigenvalue weighted by molar-refractivity contribution is 6.33. The summed E-state index contributed by atoms with van der Waals surface area (Å²) in [5.41, 5.74) is 2.99. The molecule has 162 valence electrons. The Labute approximate surface area is 190 Å². The number of halogens is 1. The minimum atomic E-state index is -0.361. The zero-order chi connectivity index (χ0) is 22.7. The first-order valence-electron chi connectivity index (χ1n) is 9.87. The van der Waals surface area contributed by atoms with Crippen LogP contribution in [-0.2, 0) is 11.2 Å². The van der Waals surface area contributed by atoms with E-state index in [1.54, 1.807) is 66.7 Å². The smallest absolute Gasteiger partial charge is 0.262 e. The first-order chi connectivity index (χ1) is 15.5. The van der Waals surface area contributed by atoms with Gasteiger partial charge in [0.25, 0.3) is 5.91 Å². The normalized spacial score (nSPS) is 13.7. The molecule has 0 saturated heterocycles. The highest BCUT2D eigenvalue weighted by Crippen LogP contribution is 2.35. The molecule has 0 spiro atoms. The number of anilines is 1. The number of benzene rings is 3. The molecule has 6 nitrogen and oxygen atoms in total. The zero-order valence-electron chi connectivity index (χ0n) is 17.2. The van der Waals surface area contributed by atoms with E-state index in [4.69, 9.17) is 21.1 Å². The molecule has 0 saturated carbocycles. The number of phenolic OH excluding ortho intramolecular Hbond substituents is 1. The molecule has 0 radical (unpaired) electrons. The van der Waals surface area contributed by atoms with Crippen molar-refractivity contribution < 1.29 is 24.2 Å². The van der Waals surface area contributed by atoms with Crippen molar-refractivity contribution in [3.8, 4) is 17.2 Å². The molecule has 1 aliphatic rings. The van der Waals surface area contributed by atoms with Gasteiger partial charge in [-0.3, -0.25) is 9.59 Å². The summed E-state index contributed by atoms with van der Waals surface area (Å²) in [6.45, 7) is -0.227. The van der Waals surface area contributed by atoms with Gasteiger partial charge in [-0.2, -0.15) is 0 Å². The molecule has 1 amide bonds. The van der Waals surface area contributed by atoms with Crippen molar-refractivity contribution in [1.82, 2.24) is 0 Å². The number of ketones is 1. The molecule has 0 fully saturated rings. The van der Waals surface area contributed by atoms with Crippen molar-refractivity contribution in [2.75, 3.05) is 19.0 Å². The molecule has 0 aromatic heterocycles. The zero-order valence-corrected chi connectivity index (χ0v) is 18.0. The van der Waals surface area contributed by atoms with E-state index in [0.717, 1.165) is 5.56 Å². The number of aromatic hydroxyl groups is 1. The van der Waals surface area contributed by atoms with Crippen LogP contribution in [0.4, 0.5) is 5.69 Å². The van der Waals surface area contributed by atoms with E-state index in [1.165, 1.54) is 7.11 Å². The third-order valence-corrected chi connectivity index (χ3v) is 5.42. The Morgan fingerprint density at radius 1 is 1.12 bits per heavy atom. The maximum absolute atomic E-state index is 12.6. The Bertz CT molecular complexity index is 1230. The molecular weight excluding hydrogens is 430 g/mol. The summed E-state index contributed by atoms with van der Waals surface area (Å²) in [7, 11) is 1.50. The Morgan fingerprint density at radius 2 is 1.94 bits per heavy atom. The molecule has 0 bridgehead atoms. The van der Waals surface area contributed by atoms with Crippen LogP contribution in [-0.4, -0.2) is 30.5 Å². The van der Waals surface area contributed by atoms with Crippen LogP contribution in [0.25, 0.3) is 6.08 Å². The third-order valence-electron chi connectivity index (χ3n) is 5.09. The summed E-state index contributed by atoms with van der Waals surface area (Å²) >= 11 is 6.05. The van der Waals surface area contributed by atoms with E-state index < -0.39 is 0 Å². The average Bonchev–Trinajstić information content (AvgIpc) is 3.11. The number of methoxy groups -OCH3 is 1. The fourth-order valence-corrected chi connectivity index (χ4v) is 3.70. The number of carbonyl (C=O) groups excluding carboxylic acids is 2. The van der Waals surface area contributed by atoms with Crippen LogP contribution in [0.1, 0.15) is 21.5 Å². The number of ether oxygens (including phenoxy) is 2. The van der Waals surface area contributed by atoms with Crippen molar-refractivity contribution in [2.24, 2.45) is 0 Å². The average molecular weight is 450 g/mol. The molecule has 0 aliphatic heterocycles. The van der Waals surface area contributed by atoms with E-state index >= 15 is 0 Å². The number of hydrogen-bond donors (Lipinski definition) is 2. The molecule has 32 heavy (non-hydrogen) atoms. The maximum atomic E-state index is 12.6. The van der Waals surface area contributed by atoms with Crippen molar-refractivity contribution in [3.05, 3.63) is 87.9 Å². The van der Waals surface area contributed by atoms with Gasteiger partial charge in [0, 0.05) is 23.1 Å². The number of nitrogens with one attached hydrogen (secondary N) is 1. The van der Waals surface area contributed by atoms with Crippen molar-refractivity contribution in [3.63, 3.8) is 0 Å². The van der Waals surface area contributed by atoms with Gasteiger partial charge in [-0.15, -0.1) is 0 Å². The number of hydrogen-bond acceptors (Lipinski definition) is 5. The summed E-state index contributed by atoms with van der Waals surface area (Å²) in [6.07, 6.45) is 2.13. The van der Waals surface area contributed by atoms with Gasteiger partial charge in [-0.05, 0) is 42.0 Å². The van der Waals surface area contributed by atoms with Gasteiger partial charge in [0.05, 0.1) is 17.8 Å².